The van der Waals surface area contributed by atoms with Gasteiger partial charge in [0.1, 0.15) is 11.5 Å². The molecule has 1 aromatic rings. The lowest BCUT2D eigenvalue weighted by atomic mass is 10.0. The van der Waals surface area contributed by atoms with Crippen molar-refractivity contribution in [3.63, 3.8) is 0 Å². The zero-order chi connectivity index (χ0) is 13.2. The molecule has 1 unspecified atom stereocenters. The summed E-state index contributed by atoms with van der Waals surface area (Å²) in [6.07, 6.45) is 2.20. The first kappa shape index (κ1) is 13.2. The summed E-state index contributed by atoms with van der Waals surface area (Å²) < 4.78 is 12.9. The van der Waals surface area contributed by atoms with E-state index in [4.69, 9.17) is 12.2 Å². The number of hydrogen-bond acceptors (Lipinski definition) is 2. The van der Waals surface area contributed by atoms with Gasteiger partial charge in [0.05, 0.1) is 0 Å². The van der Waals surface area contributed by atoms with Crippen LogP contribution in [0, 0.1) is 5.82 Å². The van der Waals surface area contributed by atoms with Crippen molar-refractivity contribution in [1.29, 1.82) is 0 Å². The lowest BCUT2D eigenvalue weighted by Gasteiger charge is -2.26. The molecule has 0 aliphatic carbocycles. The van der Waals surface area contributed by atoms with Gasteiger partial charge in [-0.2, -0.15) is 0 Å². The lowest BCUT2D eigenvalue weighted by Crippen LogP contribution is -2.45. The van der Waals surface area contributed by atoms with Gasteiger partial charge < -0.3 is 5.32 Å². The summed E-state index contributed by atoms with van der Waals surface area (Å²) in [6, 6.07) is 6.45. The number of nitrogens with zero attached hydrogens (tertiary/aromatic N) is 1. The number of halogens is 1. The monoisotopic (exact) mass is 267 g/mol. The number of rotatable bonds is 4. The fourth-order valence-corrected chi connectivity index (χ4v) is 2.36. The second kappa shape index (κ2) is 5.20. The van der Waals surface area contributed by atoms with Gasteiger partial charge in [-0.05, 0) is 43.3 Å². The van der Waals surface area contributed by atoms with Gasteiger partial charge in [-0.3, -0.25) is 5.01 Å². The number of hydrogen-bond donors (Lipinski definition) is 2. The van der Waals surface area contributed by atoms with E-state index in [1.165, 1.54) is 12.1 Å². The SMILES string of the molecule is CCCCN1NC(C)(c2ccc(F)cc2)NC1=S. The van der Waals surface area contributed by atoms with Gasteiger partial charge in [-0.25, -0.2) is 9.82 Å². The van der Waals surface area contributed by atoms with Crippen molar-refractivity contribution in [1.82, 2.24) is 15.8 Å². The smallest absolute Gasteiger partial charge is 0.185 e. The Hall–Kier alpha value is -1.20. The van der Waals surface area contributed by atoms with Crippen LogP contribution in [0.4, 0.5) is 4.39 Å². The van der Waals surface area contributed by atoms with E-state index in [0.29, 0.717) is 5.11 Å². The molecule has 0 amide bonds. The molecule has 98 valence electrons. The second-order valence-corrected chi connectivity index (χ2v) is 5.07. The predicted octanol–water partition coefficient (Wildman–Crippen LogP) is 2.49. The molecule has 1 atom stereocenters. The average molecular weight is 267 g/mol. The molecular formula is C13H18FN3S. The molecular weight excluding hydrogens is 249 g/mol. The summed E-state index contributed by atoms with van der Waals surface area (Å²) in [6.45, 7) is 5.02. The van der Waals surface area contributed by atoms with E-state index in [1.807, 2.05) is 11.9 Å². The van der Waals surface area contributed by atoms with Crippen LogP contribution in [0.15, 0.2) is 24.3 Å². The highest BCUT2D eigenvalue weighted by Gasteiger charge is 2.36. The molecule has 2 rings (SSSR count). The molecule has 1 heterocycles. The lowest BCUT2D eigenvalue weighted by molar-refractivity contribution is 0.233. The van der Waals surface area contributed by atoms with Crippen LogP contribution in [0.3, 0.4) is 0 Å². The molecule has 1 saturated heterocycles. The number of hydrazine groups is 1. The van der Waals surface area contributed by atoms with Gasteiger partial charge in [-0.1, -0.05) is 25.5 Å². The van der Waals surface area contributed by atoms with E-state index < -0.39 is 5.66 Å². The molecule has 1 aromatic carbocycles. The summed E-state index contributed by atoms with van der Waals surface area (Å²) >= 11 is 5.31. The molecule has 0 spiro atoms. The number of nitrogens with one attached hydrogen (secondary N) is 2. The Balaban J connectivity index is 2.13. The topological polar surface area (TPSA) is 27.3 Å². The van der Waals surface area contributed by atoms with Crippen LogP contribution < -0.4 is 10.7 Å². The van der Waals surface area contributed by atoms with Crippen LogP contribution in [-0.2, 0) is 5.66 Å². The molecule has 0 bridgehead atoms. The van der Waals surface area contributed by atoms with E-state index in [-0.39, 0.29) is 5.82 Å². The van der Waals surface area contributed by atoms with Crippen molar-refractivity contribution in [2.75, 3.05) is 6.54 Å². The van der Waals surface area contributed by atoms with Crippen LogP contribution in [0.25, 0.3) is 0 Å². The zero-order valence-corrected chi connectivity index (χ0v) is 11.5. The van der Waals surface area contributed by atoms with Crippen LogP contribution in [0.2, 0.25) is 0 Å². The fraction of sp³-hybridized carbons (Fsp3) is 0.462. The Morgan fingerprint density at radius 1 is 1.33 bits per heavy atom. The van der Waals surface area contributed by atoms with Crippen molar-refractivity contribution >= 4 is 17.3 Å². The molecule has 3 nitrogen and oxygen atoms in total. The molecule has 5 heteroatoms. The van der Waals surface area contributed by atoms with Gasteiger partial charge in [-0.15, -0.1) is 0 Å². The molecule has 1 fully saturated rings. The van der Waals surface area contributed by atoms with Crippen molar-refractivity contribution in [3.8, 4) is 0 Å². The molecule has 18 heavy (non-hydrogen) atoms. The van der Waals surface area contributed by atoms with Gasteiger partial charge >= 0.3 is 0 Å². The van der Waals surface area contributed by atoms with E-state index in [0.717, 1.165) is 24.9 Å². The first-order valence-electron chi connectivity index (χ1n) is 6.19. The first-order valence-corrected chi connectivity index (χ1v) is 6.59. The summed E-state index contributed by atoms with van der Waals surface area (Å²) in [7, 11) is 0. The largest absolute Gasteiger partial charge is 0.338 e. The highest BCUT2D eigenvalue weighted by Crippen LogP contribution is 2.23. The van der Waals surface area contributed by atoms with Crippen LogP contribution in [0.5, 0.6) is 0 Å². The van der Waals surface area contributed by atoms with Crippen molar-refractivity contribution in [3.05, 3.63) is 35.6 Å². The maximum Gasteiger partial charge on any atom is 0.185 e. The van der Waals surface area contributed by atoms with Crippen LogP contribution in [-0.4, -0.2) is 16.7 Å². The molecule has 0 radical (unpaired) electrons. The Morgan fingerprint density at radius 3 is 2.61 bits per heavy atom. The Labute approximate surface area is 112 Å². The zero-order valence-electron chi connectivity index (χ0n) is 10.7. The normalized spacial score (nSPS) is 23.3. The standard InChI is InChI=1S/C13H18FN3S/c1-3-4-9-17-12(18)15-13(2,16-17)10-5-7-11(14)8-6-10/h5-8,16H,3-4,9H2,1-2H3,(H,15,18). The van der Waals surface area contributed by atoms with Crippen molar-refractivity contribution in [2.24, 2.45) is 0 Å². The third-order valence-electron chi connectivity index (χ3n) is 3.12. The van der Waals surface area contributed by atoms with Gasteiger partial charge in [0.2, 0.25) is 0 Å². The number of benzene rings is 1. The van der Waals surface area contributed by atoms with Gasteiger partial charge in [0.15, 0.2) is 5.11 Å². The molecule has 1 aliphatic heterocycles. The quantitative estimate of drug-likeness (QED) is 0.820. The highest BCUT2D eigenvalue weighted by molar-refractivity contribution is 7.80. The molecule has 2 N–H and O–H groups in total. The van der Waals surface area contributed by atoms with E-state index >= 15 is 0 Å². The Bertz CT molecular complexity index is 434. The molecule has 0 saturated carbocycles. The predicted molar refractivity (Wildman–Crippen MR) is 74.2 cm³/mol. The summed E-state index contributed by atoms with van der Waals surface area (Å²) in [4.78, 5) is 0. The minimum atomic E-state index is -0.460. The number of unbranched alkanes of at least 4 members (excludes halogenated alkanes) is 1. The molecule has 1 aliphatic rings. The maximum atomic E-state index is 12.9. The summed E-state index contributed by atoms with van der Waals surface area (Å²) in [5.41, 5.74) is 3.85. The number of thiocarbonyl (C=S) groups is 1. The van der Waals surface area contributed by atoms with Crippen LogP contribution in [0.1, 0.15) is 32.3 Å². The summed E-state index contributed by atoms with van der Waals surface area (Å²) in [5, 5.41) is 5.89. The third kappa shape index (κ3) is 2.62. The average Bonchev–Trinajstić information content (AvgIpc) is 2.63. The minimum Gasteiger partial charge on any atom is -0.338 e. The van der Waals surface area contributed by atoms with Gasteiger partial charge in [0, 0.05) is 6.54 Å². The van der Waals surface area contributed by atoms with Crippen molar-refractivity contribution in [2.45, 2.75) is 32.4 Å². The van der Waals surface area contributed by atoms with Crippen molar-refractivity contribution < 1.29 is 4.39 Å². The fourth-order valence-electron chi connectivity index (χ4n) is 2.02. The Morgan fingerprint density at radius 2 is 2.00 bits per heavy atom. The van der Waals surface area contributed by atoms with Gasteiger partial charge in [0.25, 0.3) is 0 Å². The van der Waals surface area contributed by atoms with E-state index in [1.54, 1.807) is 12.1 Å². The highest BCUT2D eigenvalue weighted by atomic mass is 32.1. The first-order chi connectivity index (χ1) is 8.55. The maximum absolute atomic E-state index is 12.9. The summed E-state index contributed by atoms with van der Waals surface area (Å²) in [5.74, 6) is -0.231. The third-order valence-corrected chi connectivity index (χ3v) is 3.44. The second-order valence-electron chi connectivity index (χ2n) is 4.68. The van der Waals surface area contributed by atoms with E-state index in [2.05, 4.69) is 17.7 Å². The minimum absolute atomic E-state index is 0.231. The molecule has 0 aromatic heterocycles. The van der Waals surface area contributed by atoms with Crippen LogP contribution >= 0.6 is 12.2 Å². The Kier molecular flexibility index (Phi) is 3.82. The van der Waals surface area contributed by atoms with E-state index in [9.17, 15) is 4.39 Å².